The van der Waals surface area contributed by atoms with E-state index in [-0.39, 0.29) is 16.7 Å². The van der Waals surface area contributed by atoms with Gasteiger partial charge in [-0.05, 0) is 68.4 Å². The van der Waals surface area contributed by atoms with Gasteiger partial charge in [-0.2, -0.15) is 0 Å². The number of carbonyl (C=O) groups excluding carboxylic acids is 1. The van der Waals surface area contributed by atoms with Crippen molar-refractivity contribution in [2.45, 2.75) is 63.9 Å². The van der Waals surface area contributed by atoms with Gasteiger partial charge in [-0.15, -0.1) is 0 Å². The number of hydrogen-bond acceptors (Lipinski definition) is 3. The van der Waals surface area contributed by atoms with Gasteiger partial charge >= 0.3 is 0 Å². The summed E-state index contributed by atoms with van der Waals surface area (Å²) in [5, 5.41) is 14.3. The molecule has 5 rings (SSSR count). The molecular weight excluding hydrogens is 336 g/mol. The minimum atomic E-state index is -0.597. The number of aliphatic hydroxyl groups is 1. The van der Waals surface area contributed by atoms with Gasteiger partial charge in [0.15, 0.2) is 0 Å². The largest absolute Gasteiger partial charge is 0.390 e. The fourth-order valence-electron chi connectivity index (χ4n) is 6.75. The summed E-state index contributed by atoms with van der Waals surface area (Å²) in [5.41, 5.74) is 0.478. The molecule has 148 valence electrons. The number of nitrogens with one attached hydrogen (secondary N) is 1. The first-order chi connectivity index (χ1) is 12.9. The Morgan fingerprint density at radius 1 is 1.19 bits per heavy atom. The first-order valence-electron chi connectivity index (χ1n) is 10.6. The highest BCUT2D eigenvalue weighted by Crippen LogP contribution is 2.67. The molecule has 4 aliphatic rings. The van der Waals surface area contributed by atoms with E-state index in [4.69, 9.17) is 0 Å². The van der Waals surface area contributed by atoms with Crippen LogP contribution in [0.3, 0.4) is 0 Å². The maximum atomic E-state index is 13.2. The van der Waals surface area contributed by atoms with Gasteiger partial charge in [0.2, 0.25) is 5.91 Å². The number of anilines is 1. The lowest BCUT2D eigenvalue weighted by atomic mass is 9.42. The van der Waals surface area contributed by atoms with Crippen molar-refractivity contribution < 1.29 is 9.90 Å². The molecule has 0 unspecified atom stereocenters. The molecule has 2 N–H and O–H groups in total. The molecule has 4 nitrogen and oxygen atoms in total. The number of para-hydroxylation sites is 1. The third-order valence-electron chi connectivity index (χ3n) is 7.54. The lowest BCUT2D eigenvalue weighted by Gasteiger charge is -2.64. The highest BCUT2D eigenvalue weighted by atomic mass is 16.3. The quantitative estimate of drug-likeness (QED) is 0.719. The number of nitrogens with zero attached hydrogens (tertiary/aromatic N) is 1. The Balaban J connectivity index is 1.33. The molecule has 0 radical (unpaired) electrons. The van der Waals surface area contributed by atoms with Crippen LogP contribution >= 0.6 is 0 Å². The molecule has 4 saturated carbocycles. The van der Waals surface area contributed by atoms with E-state index in [1.165, 1.54) is 12.1 Å². The second-order valence-electron chi connectivity index (χ2n) is 9.73. The van der Waals surface area contributed by atoms with Gasteiger partial charge in [-0.3, -0.25) is 4.79 Å². The monoisotopic (exact) mass is 370 g/mol. The van der Waals surface area contributed by atoms with Crippen LogP contribution in [0.1, 0.15) is 58.3 Å². The lowest BCUT2D eigenvalue weighted by molar-refractivity contribution is -0.204. The smallest absolute Gasteiger partial charge is 0.226 e. The van der Waals surface area contributed by atoms with Crippen molar-refractivity contribution in [3.63, 3.8) is 0 Å². The van der Waals surface area contributed by atoms with Crippen molar-refractivity contribution in [3.05, 3.63) is 30.3 Å². The van der Waals surface area contributed by atoms with Crippen molar-refractivity contribution in [1.82, 2.24) is 5.32 Å². The first-order valence-corrected chi connectivity index (χ1v) is 10.6. The molecule has 4 atom stereocenters. The van der Waals surface area contributed by atoms with Crippen LogP contribution in [0.4, 0.5) is 5.69 Å². The normalized spacial score (nSPS) is 36.6. The van der Waals surface area contributed by atoms with Gasteiger partial charge in [-0.1, -0.05) is 31.5 Å². The minimum absolute atomic E-state index is 0.193. The Morgan fingerprint density at radius 3 is 2.67 bits per heavy atom. The summed E-state index contributed by atoms with van der Waals surface area (Å²) in [6, 6.07) is 10.3. The highest BCUT2D eigenvalue weighted by molar-refractivity contribution is 5.83. The van der Waals surface area contributed by atoms with E-state index < -0.39 is 5.60 Å². The molecule has 0 saturated heterocycles. The summed E-state index contributed by atoms with van der Waals surface area (Å²) in [6.07, 6.45) is 7.67. The van der Waals surface area contributed by atoms with Gasteiger partial charge < -0.3 is 15.3 Å². The average Bonchev–Trinajstić information content (AvgIpc) is 2.63. The summed E-state index contributed by atoms with van der Waals surface area (Å²) >= 11 is 0. The molecule has 1 aromatic carbocycles. The molecule has 0 heterocycles. The van der Waals surface area contributed by atoms with Crippen LogP contribution in [0.15, 0.2) is 30.3 Å². The number of amides is 1. The summed E-state index contributed by atoms with van der Waals surface area (Å²) in [6.45, 7) is 3.87. The highest BCUT2D eigenvalue weighted by Gasteiger charge is 2.64. The van der Waals surface area contributed by atoms with Gasteiger partial charge in [0, 0.05) is 25.8 Å². The molecule has 4 fully saturated rings. The standard InChI is InChI=1S/C23H34N2O2/c1-3-21-12-18-13-22(15-21,17-23(27,14-18)16-21)20(26)24-10-7-11-25(2)19-8-5-4-6-9-19/h4-6,8-9,18,27H,3,7,10-17H2,1-2H3,(H,24,26)/t18-,21-,22-,23-/m1/s1. The third kappa shape index (κ3) is 3.49. The van der Waals surface area contributed by atoms with Crippen molar-refractivity contribution in [2.24, 2.45) is 16.7 Å². The Morgan fingerprint density at radius 2 is 1.96 bits per heavy atom. The number of benzene rings is 1. The van der Waals surface area contributed by atoms with Crippen LogP contribution in [0.2, 0.25) is 0 Å². The molecule has 0 spiro atoms. The molecule has 4 aliphatic carbocycles. The summed E-state index contributed by atoms with van der Waals surface area (Å²) in [7, 11) is 2.09. The van der Waals surface area contributed by atoms with Gasteiger partial charge in [0.1, 0.15) is 0 Å². The zero-order valence-electron chi connectivity index (χ0n) is 16.8. The molecular formula is C23H34N2O2. The predicted octanol–water partition coefficient (Wildman–Crippen LogP) is 3.74. The van der Waals surface area contributed by atoms with E-state index in [1.807, 2.05) is 6.07 Å². The van der Waals surface area contributed by atoms with Gasteiger partial charge in [0.05, 0.1) is 11.0 Å². The summed E-state index contributed by atoms with van der Waals surface area (Å²) in [5.74, 6) is 0.728. The van der Waals surface area contributed by atoms with Crippen molar-refractivity contribution in [1.29, 1.82) is 0 Å². The SMILES string of the molecule is CC[C@]12C[C@H]3C[C@@](O)(C1)C[C@@](C(=O)NCCCN(C)c1ccccc1)(C3)C2. The number of hydrogen-bond donors (Lipinski definition) is 2. The van der Waals surface area contributed by atoms with Crippen LogP contribution in [0, 0.1) is 16.7 Å². The van der Waals surface area contributed by atoms with Gasteiger partial charge in [0.25, 0.3) is 0 Å². The predicted molar refractivity (Wildman–Crippen MR) is 109 cm³/mol. The average molecular weight is 371 g/mol. The van der Waals surface area contributed by atoms with E-state index in [0.29, 0.717) is 18.9 Å². The van der Waals surface area contributed by atoms with Crippen LogP contribution < -0.4 is 10.2 Å². The fraction of sp³-hybridized carbons (Fsp3) is 0.696. The van der Waals surface area contributed by atoms with Crippen molar-refractivity contribution >= 4 is 11.6 Å². The Bertz CT molecular complexity index is 693. The zero-order valence-corrected chi connectivity index (χ0v) is 16.8. The van der Waals surface area contributed by atoms with Crippen LogP contribution in [-0.4, -0.2) is 36.8 Å². The van der Waals surface area contributed by atoms with E-state index in [2.05, 4.69) is 48.5 Å². The van der Waals surface area contributed by atoms with Crippen LogP contribution in [0.25, 0.3) is 0 Å². The maximum absolute atomic E-state index is 13.2. The van der Waals surface area contributed by atoms with E-state index >= 15 is 0 Å². The van der Waals surface area contributed by atoms with E-state index in [1.54, 1.807) is 0 Å². The molecule has 0 aromatic heterocycles. The number of carbonyl (C=O) groups is 1. The van der Waals surface area contributed by atoms with Gasteiger partial charge in [-0.25, -0.2) is 0 Å². The third-order valence-corrected chi connectivity index (χ3v) is 7.54. The molecule has 0 aliphatic heterocycles. The second-order valence-corrected chi connectivity index (χ2v) is 9.73. The molecule has 4 heteroatoms. The molecule has 4 bridgehead atoms. The topological polar surface area (TPSA) is 52.6 Å². The van der Waals surface area contributed by atoms with Crippen LogP contribution in [-0.2, 0) is 4.79 Å². The van der Waals surface area contributed by atoms with E-state index in [0.717, 1.165) is 45.1 Å². The lowest BCUT2D eigenvalue weighted by Crippen LogP contribution is -2.63. The van der Waals surface area contributed by atoms with Crippen molar-refractivity contribution in [3.8, 4) is 0 Å². The molecule has 27 heavy (non-hydrogen) atoms. The fourth-order valence-corrected chi connectivity index (χ4v) is 6.75. The summed E-state index contributed by atoms with van der Waals surface area (Å²) < 4.78 is 0. The summed E-state index contributed by atoms with van der Waals surface area (Å²) in [4.78, 5) is 15.4. The first kappa shape index (κ1) is 18.8. The second kappa shape index (κ2) is 6.80. The van der Waals surface area contributed by atoms with Crippen LogP contribution in [0.5, 0.6) is 0 Å². The Kier molecular flexibility index (Phi) is 4.74. The maximum Gasteiger partial charge on any atom is 0.226 e. The number of rotatable bonds is 7. The molecule has 1 aromatic rings. The Hall–Kier alpha value is -1.55. The van der Waals surface area contributed by atoms with Crippen molar-refractivity contribution in [2.75, 3.05) is 25.0 Å². The molecule has 1 amide bonds. The zero-order chi connectivity index (χ0) is 19.1. The van der Waals surface area contributed by atoms with E-state index in [9.17, 15) is 9.90 Å². The Labute approximate surface area is 163 Å². The minimum Gasteiger partial charge on any atom is -0.390 e.